The SMILES string of the molecule is CCCC[C@H](c1cc(F)c(F)c(F)c1)N1CCNCC1.Cl. The van der Waals surface area contributed by atoms with E-state index in [1.807, 2.05) is 0 Å². The summed E-state index contributed by atoms with van der Waals surface area (Å²) in [6.07, 6.45) is 2.84. The lowest BCUT2D eigenvalue weighted by Gasteiger charge is -2.35. The molecule has 21 heavy (non-hydrogen) atoms. The quantitative estimate of drug-likeness (QED) is 0.832. The third-order valence-corrected chi connectivity index (χ3v) is 3.81. The van der Waals surface area contributed by atoms with E-state index >= 15 is 0 Å². The number of hydrogen-bond donors (Lipinski definition) is 1. The van der Waals surface area contributed by atoms with Gasteiger partial charge in [0.25, 0.3) is 0 Å². The Labute approximate surface area is 130 Å². The van der Waals surface area contributed by atoms with E-state index in [-0.39, 0.29) is 18.4 Å². The minimum atomic E-state index is -1.39. The van der Waals surface area contributed by atoms with Crippen molar-refractivity contribution in [3.63, 3.8) is 0 Å². The van der Waals surface area contributed by atoms with Crippen LogP contribution in [-0.2, 0) is 0 Å². The molecule has 0 unspecified atom stereocenters. The minimum Gasteiger partial charge on any atom is -0.314 e. The molecule has 0 aliphatic carbocycles. The van der Waals surface area contributed by atoms with Gasteiger partial charge in [0.15, 0.2) is 17.5 Å². The average Bonchev–Trinajstić information content (AvgIpc) is 2.46. The molecule has 6 heteroatoms. The number of nitrogens with zero attached hydrogens (tertiary/aromatic N) is 1. The van der Waals surface area contributed by atoms with Gasteiger partial charge in [-0.05, 0) is 24.1 Å². The number of hydrogen-bond acceptors (Lipinski definition) is 2. The second-order valence-corrected chi connectivity index (χ2v) is 5.24. The summed E-state index contributed by atoms with van der Waals surface area (Å²) < 4.78 is 40.0. The molecular weight excluding hydrogens is 301 g/mol. The van der Waals surface area contributed by atoms with Gasteiger partial charge in [-0.1, -0.05) is 19.8 Å². The van der Waals surface area contributed by atoms with E-state index in [2.05, 4.69) is 17.1 Å². The first-order chi connectivity index (χ1) is 9.63. The molecule has 1 aromatic rings. The summed E-state index contributed by atoms with van der Waals surface area (Å²) in [7, 11) is 0. The third-order valence-electron chi connectivity index (χ3n) is 3.81. The van der Waals surface area contributed by atoms with Gasteiger partial charge < -0.3 is 5.32 Å². The van der Waals surface area contributed by atoms with Crippen LogP contribution in [0.3, 0.4) is 0 Å². The van der Waals surface area contributed by atoms with Gasteiger partial charge in [-0.2, -0.15) is 0 Å². The molecule has 2 rings (SSSR count). The molecule has 0 aromatic heterocycles. The summed E-state index contributed by atoms with van der Waals surface area (Å²) >= 11 is 0. The molecule has 1 N–H and O–H groups in total. The molecule has 1 aliphatic heterocycles. The highest BCUT2D eigenvalue weighted by Gasteiger charge is 2.24. The second kappa shape index (κ2) is 8.61. The molecule has 0 radical (unpaired) electrons. The fraction of sp³-hybridized carbons (Fsp3) is 0.600. The summed E-state index contributed by atoms with van der Waals surface area (Å²) in [4.78, 5) is 2.22. The predicted octanol–water partition coefficient (Wildman–Crippen LogP) is 3.66. The average molecular weight is 323 g/mol. The van der Waals surface area contributed by atoms with Crippen molar-refractivity contribution in [2.24, 2.45) is 0 Å². The Bertz CT molecular complexity index is 428. The third kappa shape index (κ3) is 4.59. The number of benzene rings is 1. The predicted molar refractivity (Wildman–Crippen MR) is 80.3 cm³/mol. The van der Waals surface area contributed by atoms with Gasteiger partial charge in [0.05, 0.1) is 0 Å². The van der Waals surface area contributed by atoms with E-state index in [9.17, 15) is 13.2 Å². The van der Waals surface area contributed by atoms with Crippen LogP contribution in [0.25, 0.3) is 0 Å². The topological polar surface area (TPSA) is 15.3 Å². The lowest BCUT2D eigenvalue weighted by molar-refractivity contribution is 0.162. The van der Waals surface area contributed by atoms with E-state index in [1.165, 1.54) is 0 Å². The van der Waals surface area contributed by atoms with Crippen molar-refractivity contribution in [1.29, 1.82) is 0 Å². The number of unbranched alkanes of at least 4 members (excludes halogenated alkanes) is 1. The fourth-order valence-electron chi connectivity index (χ4n) is 2.72. The van der Waals surface area contributed by atoms with Crippen LogP contribution in [0.15, 0.2) is 12.1 Å². The molecule has 2 nitrogen and oxygen atoms in total. The summed E-state index contributed by atoms with van der Waals surface area (Å²) in [5.41, 5.74) is 0.539. The lowest BCUT2D eigenvalue weighted by atomic mass is 9.98. The highest BCUT2D eigenvalue weighted by atomic mass is 35.5. The van der Waals surface area contributed by atoms with Gasteiger partial charge in [-0.3, -0.25) is 4.90 Å². The molecule has 0 saturated carbocycles. The molecule has 1 atom stereocenters. The van der Waals surface area contributed by atoms with Gasteiger partial charge in [0.2, 0.25) is 0 Å². The molecule has 120 valence electrons. The maximum absolute atomic E-state index is 13.4. The van der Waals surface area contributed by atoms with Gasteiger partial charge in [-0.15, -0.1) is 12.4 Å². The molecule has 1 aliphatic rings. The highest BCUT2D eigenvalue weighted by Crippen LogP contribution is 2.29. The summed E-state index contributed by atoms with van der Waals surface area (Å²) in [6.45, 7) is 5.51. The zero-order valence-electron chi connectivity index (χ0n) is 12.2. The number of halogens is 4. The van der Waals surface area contributed by atoms with Crippen LogP contribution in [0.5, 0.6) is 0 Å². The zero-order chi connectivity index (χ0) is 14.5. The Morgan fingerprint density at radius 3 is 2.24 bits per heavy atom. The van der Waals surface area contributed by atoms with Crippen LogP contribution in [0, 0.1) is 17.5 Å². The Hall–Kier alpha value is -0.780. The molecule has 0 spiro atoms. The van der Waals surface area contributed by atoms with Crippen molar-refractivity contribution in [3.05, 3.63) is 35.1 Å². The first-order valence-corrected chi connectivity index (χ1v) is 7.22. The van der Waals surface area contributed by atoms with Gasteiger partial charge in [-0.25, -0.2) is 13.2 Å². The summed E-state index contributed by atoms with van der Waals surface area (Å²) in [6, 6.07) is 2.24. The van der Waals surface area contributed by atoms with E-state index < -0.39 is 17.5 Å². The largest absolute Gasteiger partial charge is 0.314 e. The number of nitrogens with one attached hydrogen (secondary N) is 1. The van der Waals surface area contributed by atoms with Crippen molar-refractivity contribution < 1.29 is 13.2 Å². The normalized spacial score (nSPS) is 17.3. The van der Waals surface area contributed by atoms with Crippen molar-refractivity contribution in [3.8, 4) is 0 Å². The molecule has 1 fully saturated rings. The highest BCUT2D eigenvalue weighted by molar-refractivity contribution is 5.85. The maximum Gasteiger partial charge on any atom is 0.194 e. The maximum atomic E-state index is 13.4. The smallest absolute Gasteiger partial charge is 0.194 e. The Morgan fingerprint density at radius 1 is 1.14 bits per heavy atom. The van der Waals surface area contributed by atoms with Crippen molar-refractivity contribution >= 4 is 12.4 Å². The fourth-order valence-corrected chi connectivity index (χ4v) is 2.72. The number of piperazine rings is 1. The van der Waals surface area contributed by atoms with E-state index in [0.717, 1.165) is 57.6 Å². The van der Waals surface area contributed by atoms with Crippen molar-refractivity contribution in [2.45, 2.75) is 32.2 Å². The second-order valence-electron chi connectivity index (χ2n) is 5.24. The van der Waals surface area contributed by atoms with Gasteiger partial charge in [0, 0.05) is 32.2 Å². The van der Waals surface area contributed by atoms with Gasteiger partial charge in [0.1, 0.15) is 0 Å². The lowest BCUT2D eigenvalue weighted by Crippen LogP contribution is -2.45. The molecule has 1 saturated heterocycles. The monoisotopic (exact) mass is 322 g/mol. The zero-order valence-corrected chi connectivity index (χ0v) is 13.0. The Balaban J connectivity index is 0.00000220. The van der Waals surface area contributed by atoms with Crippen LogP contribution in [-0.4, -0.2) is 31.1 Å². The molecule has 1 heterocycles. The molecule has 0 amide bonds. The van der Waals surface area contributed by atoms with Crippen LogP contribution < -0.4 is 5.32 Å². The Morgan fingerprint density at radius 2 is 1.71 bits per heavy atom. The van der Waals surface area contributed by atoms with Crippen LogP contribution in [0.2, 0.25) is 0 Å². The van der Waals surface area contributed by atoms with E-state index in [1.54, 1.807) is 0 Å². The van der Waals surface area contributed by atoms with E-state index in [4.69, 9.17) is 0 Å². The van der Waals surface area contributed by atoms with Crippen LogP contribution in [0.4, 0.5) is 13.2 Å². The first-order valence-electron chi connectivity index (χ1n) is 7.22. The van der Waals surface area contributed by atoms with E-state index in [0.29, 0.717) is 5.56 Å². The van der Waals surface area contributed by atoms with Crippen molar-refractivity contribution in [1.82, 2.24) is 10.2 Å². The summed E-state index contributed by atoms with van der Waals surface area (Å²) in [5, 5.41) is 3.26. The van der Waals surface area contributed by atoms with Crippen LogP contribution in [0.1, 0.15) is 37.8 Å². The standard InChI is InChI=1S/C15H21F3N2.ClH/c1-2-3-4-14(20-7-5-19-6-8-20)11-9-12(16)15(18)13(17)10-11;/h9-10,14,19H,2-8H2,1H3;1H/t14-;/m1./s1. The number of rotatable bonds is 5. The first kappa shape index (κ1) is 18.3. The molecule has 0 bridgehead atoms. The Kier molecular flexibility index (Phi) is 7.49. The van der Waals surface area contributed by atoms with Crippen LogP contribution >= 0.6 is 12.4 Å². The van der Waals surface area contributed by atoms with Gasteiger partial charge >= 0.3 is 0 Å². The van der Waals surface area contributed by atoms with Crippen molar-refractivity contribution in [2.75, 3.05) is 26.2 Å². The summed E-state index contributed by atoms with van der Waals surface area (Å²) in [5.74, 6) is -3.59. The molecular formula is C15H22ClF3N2. The minimum absolute atomic E-state index is 0. The molecule has 1 aromatic carbocycles.